The third-order valence-electron chi connectivity index (χ3n) is 6.11. The number of hydrogen-bond acceptors (Lipinski definition) is 5. The minimum atomic E-state index is -1.20. The second kappa shape index (κ2) is 14.2. The molecule has 0 unspecified atom stereocenters. The van der Waals surface area contributed by atoms with Crippen molar-refractivity contribution in [3.63, 3.8) is 0 Å². The molecule has 0 radical (unpaired) electrons. The van der Waals surface area contributed by atoms with Crippen LogP contribution in [0.25, 0.3) is 0 Å². The Morgan fingerprint density at radius 1 is 0.872 bits per heavy atom. The van der Waals surface area contributed by atoms with Gasteiger partial charge in [0, 0.05) is 13.1 Å². The van der Waals surface area contributed by atoms with E-state index in [9.17, 15) is 19.5 Å². The predicted molar refractivity (Wildman–Crippen MR) is 148 cm³/mol. The van der Waals surface area contributed by atoms with Crippen LogP contribution in [0.5, 0.6) is 5.75 Å². The molecule has 0 aromatic heterocycles. The first-order valence-corrected chi connectivity index (χ1v) is 12.5. The van der Waals surface area contributed by atoms with Gasteiger partial charge in [-0.2, -0.15) is 0 Å². The van der Waals surface area contributed by atoms with Crippen molar-refractivity contribution < 1.29 is 24.6 Å². The SMILES string of the molecule is NC(N)=NCCC[C@H](C(=O)NCC(=O)O)N(Cc1ccc(O)cc1)C(=O)C(c1ccccc1)c1ccccc1. The van der Waals surface area contributed by atoms with Crippen LogP contribution < -0.4 is 16.8 Å². The normalized spacial score (nSPS) is 11.4. The molecule has 7 N–H and O–H groups in total. The summed E-state index contributed by atoms with van der Waals surface area (Å²) in [6.45, 7) is -0.318. The lowest BCUT2D eigenvalue weighted by Crippen LogP contribution is -2.51. The molecule has 0 saturated carbocycles. The number of amides is 2. The zero-order chi connectivity index (χ0) is 28.2. The standard InChI is InChI=1S/C29H33N5O5/c30-29(31)32-17-7-12-24(27(38)33-18-25(36)37)34(19-20-13-15-23(35)16-14-20)28(39)26(21-8-3-1-4-9-21)22-10-5-2-6-11-22/h1-6,8-11,13-16,24,26,35H,7,12,17-19H2,(H,33,38)(H,36,37)(H4,30,31,32)/t24-/m1/s1. The molecule has 3 rings (SSSR count). The summed E-state index contributed by atoms with van der Waals surface area (Å²) in [6.07, 6.45) is 0.548. The Morgan fingerprint density at radius 2 is 1.44 bits per heavy atom. The summed E-state index contributed by atoms with van der Waals surface area (Å²) in [5.74, 6) is -2.89. The fourth-order valence-corrected chi connectivity index (χ4v) is 4.28. The number of rotatable bonds is 13. The maximum Gasteiger partial charge on any atom is 0.322 e. The van der Waals surface area contributed by atoms with Crippen LogP contribution in [-0.2, 0) is 20.9 Å². The van der Waals surface area contributed by atoms with E-state index in [4.69, 9.17) is 16.6 Å². The molecule has 10 heteroatoms. The molecule has 0 aliphatic heterocycles. The van der Waals surface area contributed by atoms with Crippen LogP contribution in [0.3, 0.4) is 0 Å². The van der Waals surface area contributed by atoms with E-state index in [0.717, 1.165) is 11.1 Å². The van der Waals surface area contributed by atoms with Crippen molar-refractivity contribution in [3.8, 4) is 5.75 Å². The summed E-state index contributed by atoms with van der Waals surface area (Å²) in [6, 6.07) is 23.8. The maximum absolute atomic E-state index is 14.5. The number of nitrogens with one attached hydrogen (secondary N) is 1. The van der Waals surface area contributed by atoms with Crippen LogP contribution in [0, 0.1) is 0 Å². The summed E-state index contributed by atoms with van der Waals surface area (Å²) in [4.78, 5) is 44.5. The van der Waals surface area contributed by atoms with Gasteiger partial charge in [-0.05, 0) is 41.7 Å². The fourth-order valence-electron chi connectivity index (χ4n) is 4.28. The monoisotopic (exact) mass is 531 g/mol. The number of hydrogen-bond donors (Lipinski definition) is 5. The first-order valence-electron chi connectivity index (χ1n) is 12.5. The number of carbonyl (C=O) groups is 3. The van der Waals surface area contributed by atoms with Gasteiger partial charge in [0.05, 0.1) is 5.92 Å². The van der Waals surface area contributed by atoms with Gasteiger partial charge < -0.3 is 31.9 Å². The Hall–Kier alpha value is -4.86. The number of guanidine groups is 1. The highest BCUT2D eigenvalue weighted by Gasteiger charge is 2.35. The number of nitrogens with two attached hydrogens (primary N) is 2. The lowest BCUT2D eigenvalue weighted by atomic mass is 9.89. The third-order valence-corrected chi connectivity index (χ3v) is 6.11. The van der Waals surface area contributed by atoms with Gasteiger partial charge in [0.2, 0.25) is 11.8 Å². The van der Waals surface area contributed by atoms with Crippen molar-refractivity contribution in [2.24, 2.45) is 16.5 Å². The van der Waals surface area contributed by atoms with Gasteiger partial charge in [0.25, 0.3) is 0 Å². The van der Waals surface area contributed by atoms with Gasteiger partial charge >= 0.3 is 5.97 Å². The summed E-state index contributed by atoms with van der Waals surface area (Å²) in [5, 5.41) is 21.3. The molecule has 0 saturated heterocycles. The number of carbonyl (C=O) groups excluding carboxylic acids is 2. The lowest BCUT2D eigenvalue weighted by molar-refractivity contribution is -0.143. The lowest BCUT2D eigenvalue weighted by Gasteiger charge is -2.34. The van der Waals surface area contributed by atoms with Gasteiger partial charge in [-0.1, -0.05) is 72.8 Å². The van der Waals surface area contributed by atoms with Crippen molar-refractivity contribution in [1.29, 1.82) is 0 Å². The molecule has 3 aromatic rings. The summed E-state index contributed by atoms with van der Waals surface area (Å²) in [7, 11) is 0. The second-order valence-corrected chi connectivity index (χ2v) is 8.96. The van der Waals surface area contributed by atoms with Gasteiger partial charge in [-0.25, -0.2) is 0 Å². The van der Waals surface area contributed by atoms with Crippen LogP contribution in [-0.4, -0.2) is 58.0 Å². The van der Waals surface area contributed by atoms with Crippen LogP contribution in [0.15, 0.2) is 89.9 Å². The van der Waals surface area contributed by atoms with E-state index >= 15 is 0 Å². The molecular weight excluding hydrogens is 498 g/mol. The van der Waals surface area contributed by atoms with Crippen molar-refractivity contribution in [2.45, 2.75) is 31.3 Å². The number of nitrogens with zero attached hydrogens (tertiary/aromatic N) is 2. The molecular formula is C29H33N5O5. The predicted octanol–water partition coefficient (Wildman–Crippen LogP) is 2.18. The minimum absolute atomic E-state index is 0.0444. The minimum Gasteiger partial charge on any atom is -0.508 e. The largest absolute Gasteiger partial charge is 0.508 e. The van der Waals surface area contributed by atoms with Crippen LogP contribution in [0.2, 0.25) is 0 Å². The highest BCUT2D eigenvalue weighted by molar-refractivity contribution is 5.93. The van der Waals surface area contributed by atoms with Crippen molar-refractivity contribution >= 4 is 23.7 Å². The Morgan fingerprint density at radius 3 is 1.95 bits per heavy atom. The van der Waals surface area contributed by atoms with Crippen molar-refractivity contribution in [1.82, 2.24) is 10.2 Å². The molecule has 3 aromatic carbocycles. The molecule has 1 atom stereocenters. The second-order valence-electron chi connectivity index (χ2n) is 8.96. The van der Waals surface area contributed by atoms with E-state index in [1.807, 2.05) is 60.7 Å². The van der Waals surface area contributed by atoms with Gasteiger partial charge in [0.15, 0.2) is 5.96 Å². The molecule has 2 amide bonds. The number of phenolic OH excluding ortho intramolecular Hbond substituents is 1. The van der Waals surface area contributed by atoms with Crippen molar-refractivity contribution in [2.75, 3.05) is 13.1 Å². The molecule has 10 nitrogen and oxygen atoms in total. The van der Waals surface area contributed by atoms with E-state index < -0.39 is 30.4 Å². The molecule has 204 valence electrons. The molecule has 0 heterocycles. The highest BCUT2D eigenvalue weighted by atomic mass is 16.4. The smallest absolute Gasteiger partial charge is 0.322 e. The van der Waals surface area contributed by atoms with Gasteiger partial charge in [-0.3, -0.25) is 19.4 Å². The molecule has 0 aliphatic carbocycles. The quantitative estimate of drug-likeness (QED) is 0.128. The molecule has 39 heavy (non-hydrogen) atoms. The molecule has 0 fully saturated rings. The summed E-state index contributed by atoms with van der Waals surface area (Å²) >= 11 is 0. The number of aliphatic imine (C=N–C) groups is 1. The third kappa shape index (κ3) is 8.60. The zero-order valence-corrected chi connectivity index (χ0v) is 21.4. The molecule has 0 bridgehead atoms. The molecule has 0 aliphatic rings. The van der Waals surface area contributed by atoms with Crippen LogP contribution in [0.4, 0.5) is 0 Å². The Balaban J connectivity index is 2.07. The fraction of sp³-hybridized carbons (Fsp3) is 0.241. The maximum atomic E-state index is 14.5. The summed E-state index contributed by atoms with van der Waals surface area (Å²) < 4.78 is 0. The van der Waals surface area contributed by atoms with Crippen molar-refractivity contribution in [3.05, 3.63) is 102 Å². The first-order chi connectivity index (χ1) is 18.8. The highest BCUT2D eigenvalue weighted by Crippen LogP contribution is 2.29. The van der Waals surface area contributed by atoms with Crippen LogP contribution in [0.1, 0.15) is 35.4 Å². The number of carboxylic acid groups (broad SMARTS) is 1. The van der Waals surface area contributed by atoms with Crippen LogP contribution >= 0.6 is 0 Å². The number of carboxylic acids is 1. The summed E-state index contributed by atoms with van der Waals surface area (Å²) in [5.41, 5.74) is 13.1. The Labute approximate surface area is 227 Å². The van der Waals surface area contributed by atoms with E-state index in [1.54, 1.807) is 12.1 Å². The average molecular weight is 532 g/mol. The number of benzene rings is 3. The Kier molecular flexibility index (Phi) is 10.4. The topological polar surface area (TPSA) is 171 Å². The van der Waals surface area contributed by atoms with E-state index in [1.165, 1.54) is 17.0 Å². The van der Waals surface area contributed by atoms with E-state index in [-0.39, 0.29) is 37.1 Å². The average Bonchev–Trinajstić information content (AvgIpc) is 2.93. The van der Waals surface area contributed by atoms with Gasteiger partial charge in [0.1, 0.15) is 18.3 Å². The van der Waals surface area contributed by atoms with E-state index in [0.29, 0.717) is 12.0 Å². The van der Waals surface area contributed by atoms with Gasteiger partial charge in [-0.15, -0.1) is 0 Å². The van der Waals surface area contributed by atoms with E-state index in [2.05, 4.69) is 10.3 Å². The first kappa shape index (κ1) is 28.7. The zero-order valence-electron chi connectivity index (χ0n) is 21.4. The Bertz CT molecular complexity index is 1220. The number of aromatic hydroxyl groups is 1. The molecule has 0 spiro atoms. The number of phenols is 1. The number of aliphatic carboxylic acids is 1.